The number of nitrogens with zero attached hydrogens (tertiary/aromatic N) is 1. The van der Waals surface area contributed by atoms with E-state index in [-0.39, 0.29) is 18.5 Å². The third kappa shape index (κ3) is 7.21. The van der Waals surface area contributed by atoms with Crippen LogP contribution in [0.25, 0.3) is 0 Å². The molecule has 0 bridgehead atoms. The number of rotatable bonds is 9. The zero-order chi connectivity index (χ0) is 24.7. The van der Waals surface area contributed by atoms with Crippen LogP contribution in [0.2, 0.25) is 0 Å². The minimum Gasteiger partial charge on any atom is -0.352 e. The average molecular weight is 488 g/mol. The van der Waals surface area contributed by atoms with Gasteiger partial charge in [0.2, 0.25) is 17.7 Å². The summed E-state index contributed by atoms with van der Waals surface area (Å²) in [7, 11) is -1.79. The molecule has 1 fully saturated rings. The highest BCUT2D eigenvalue weighted by molar-refractivity contribution is 7.86. The van der Waals surface area contributed by atoms with Crippen molar-refractivity contribution in [2.75, 3.05) is 28.3 Å². The summed E-state index contributed by atoms with van der Waals surface area (Å²) in [5.74, 6) is -2.53. The van der Waals surface area contributed by atoms with E-state index in [1.54, 1.807) is 12.1 Å². The van der Waals surface area contributed by atoms with Gasteiger partial charge in [0.05, 0.1) is 0 Å². The Kier molecular flexibility index (Phi) is 8.92. The molecule has 0 radical (unpaired) electrons. The van der Waals surface area contributed by atoms with Gasteiger partial charge >= 0.3 is 0 Å². The van der Waals surface area contributed by atoms with E-state index in [1.165, 1.54) is 29.2 Å². The Bertz CT molecular complexity index is 1070. The number of aryl methyl sites for hydroxylation is 1. The molecule has 3 rings (SSSR count). The van der Waals surface area contributed by atoms with Crippen LogP contribution < -0.4 is 15.5 Å². The van der Waals surface area contributed by atoms with Crippen LogP contribution in [0.1, 0.15) is 36.8 Å². The van der Waals surface area contributed by atoms with Crippen LogP contribution in [0.15, 0.2) is 42.5 Å². The largest absolute Gasteiger partial charge is 0.352 e. The van der Waals surface area contributed by atoms with Gasteiger partial charge in [-0.2, -0.15) is 0 Å². The molecule has 0 heterocycles. The van der Waals surface area contributed by atoms with E-state index in [0.717, 1.165) is 36.8 Å². The van der Waals surface area contributed by atoms with Crippen LogP contribution in [0.4, 0.5) is 15.8 Å². The SMILES string of the molecule is Cc1cccc(N(CC(=O)NC2CCCC2)C(=O)CS(=O)CC(=O)Nc2ccc(F)cc2)c1C. The molecular formula is C25H30FN3O4S. The highest BCUT2D eigenvalue weighted by Gasteiger charge is 2.25. The van der Waals surface area contributed by atoms with Crippen molar-refractivity contribution in [1.29, 1.82) is 0 Å². The van der Waals surface area contributed by atoms with Crippen LogP contribution in [-0.4, -0.2) is 46.0 Å². The summed E-state index contributed by atoms with van der Waals surface area (Å²) >= 11 is 0. The molecule has 1 aliphatic rings. The summed E-state index contributed by atoms with van der Waals surface area (Å²) in [4.78, 5) is 39.4. The van der Waals surface area contributed by atoms with Crippen LogP contribution in [0, 0.1) is 19.7 Å². The number of hydrogen-bond acceptors (Lipinski definition) is 4. The minimum absolute atomic E-state index is 0.118. The molecule has 9 heteroatoms. The molecule has 3 amide bonds. The highest BCUT2D eigenvalue weighted by Crippen LogP contribution is 2.23. The molecule has 2 aromatic rings. The first-order valence-electron chi connectivity index (χ1n) is 11.3. The molecule has 0 saturated heterocycles. The number of hydrogen-bond donors (Lipinski definition) is 2. The number of carbonyl (C=O) groups excluding carboxylic acids is 3. The van der Waals surface area contributed by atoms with Gasteiger partial charge in [0, 0.05) is 28.2 Å². The maximum Gasteiger partial charge on any atom is 0.240 e. The molecule has 0 aliphatic heterocycles. The monoisotopic (exact) mass is 487 g/mol. The Balaban J connectivity index is 1.66. The summed E-state index contributed by atoms with van der Waals surface area (Å²) in [5.41, 5.74) is 2.77. The first-order chi connectivity index (χ1) is 16.2. The zero-order valence-electron chi connectivity index (χ0n) is 19.4. The molecule has 7 nitrogen and oxygen atoms in total. The predicted molar refractivity (Wildman–Crippen MR) is 132 cm³/mol. The van der Waals surface area contributed by atoms with Crippen LogP contribution in [0.3, 0.4) is 0 Å². The molecule has 1 saturated carbocycles. The maximum atomic E-state index is 13.1. The molecule has 2 N–H and O–H groups in total. The topological polar surface area (TPSA) is 95.6 Å². The number of anilines is 2. The first-order valence-corrected chi connectivity index (χ1v) is 12.8. The Morgan fingerprint density at radius 2 is 1.68 bits per heavy atom. The zero-order valence-corrected chi connectivity index (χ0v) is 20.3. The second kappa shape index (κ2) is 11.9. The van der Waals surface area contributed by atoms with Crippen molar-refractivity contribution in [3.63, 3.8) is 0 Å². The van der Waals surface area contributed by atoms with Crippen molar-refractivity contribution in [2.24, 2.45) is 0 Å². The fourth-order valence-corrected chi connectivity index (χ4v) is 4.86. The maximum absolute atomic E-state index is 13.1. The number of carbonyl (C=O) groups is 3. The number of nitrogens with one attached hydrogen (secondary N) is 2. The van der Waals surface area contributed by atoms with Crippen molar-refractivity contribution >= 4 is 39.9 Å². The van der Waals surface area contributed by atoms with Gasteiger partial charge in [0.1, 0.15) is 23.9 Å². The Labute approximate surface area is 201 Å². The molecule has 34 heavy (non-hydrogen) atoms. The van der Waals surface area contributed by atoms with Crippen molar-refractivity contribution in [1.82, 2.24) is 5.32 Å². The first kappa shape index (κ1) is 25.6. The predicted octanol–water partition coefficient (Wildman–Crippen LogP) is 3.22. The van der Waals surface area contributed by atoms with E-state index in [4.69, 9.17) is 0 Å². The standard InChI is InChI=1S/C25H30FN3O4S/c1-17-6-5-9-22(18(17)2)29(14-23(30)27-20-7-3-4-8-20)25(32)16-34(33)15-24(31)28-21-12-10-19(26)11-13-21/h5-6,9-13,20H,3-4,7-8,14-16H2,1-2H3,(H,27,30)(H,28,31). The normalized spacial score (nSPS) is 14.4. The molecule has 182 valence electrons. The van der Waals surface area contributed by atoms with E-state index in [1.807, 2.05) is 19.9 Å². The molecule has 1 atom stereocenters. The lowest BCUT2D eigenvalue weighted by Crippen LogP contribution is -2.45. The molecule has 2 aromatic carbocycles. The van der Waals surface area contributed by atoms with E-state index >= 15 is 0 Å². The summed E-state index contributed by atoms with van der Waals surface area (Å²) in [6.07, 6.45) is 4.00. The van der Waals surface area contributed by atoms with Gasteiger partial charge < -0.3 is 15.5 Å². The third-order valence-corrected chi connectivity index (χ3v) is 7.05. The van der Waals surface area contributed by atoms with E-state index in [2.05, 4.69) is 10.6 Å². The van der Waals surface area contributed by atoms with Crippen LogP contribution in [0.5, 0.6) is 0 Å². The van der Waals surface area contributed by atoms with Gasteiger partial charge in [-0.1, -0.05) is 25.0 Å². The Hall–Kier alpha value is -3.07. The number of benzene rings is 2. The van der Waals surface area contributed by atoms with E-state index in [0.29, 0.717) is 11.4 Å². The summed E-state index contributed by atoms with van der Waals surface area (Å²) in [6, 6.07) is 10.8. The molecule has 1 unspecified atom stereocenters. The van der Waals surface area contributed by atoms with Crippen LogP contribution in [-0.2, 0) is 25.2 Å². The fraction of sp³-hybridized carbons (Fsp3) is 0.400. The second-order valence-electron chi connectivity index (χ2n) is 8.53. The quantitative estimate of drug-likeness (QED) is 0.568. The average Bonchev–Trinajstić information content (AvgIpc) is 3.28. The fourth-order valence-electron chi connectivity index (χ4n) is 3.97. The lowest BCUT2D eigenvalue weighted by Gasteiger charge is -2.25. The Morgan fingerprint density at radius 1 is 1.00 bits per heavy atom. The minimum atomic E-state index is -1.79. The third-order valence-electron chi connectivity index (χ3n) is 5.89. The highest BCUT2D eigenvalue weighted by atomic mass is 32.2. The second-order valence-corrected chi connectivity index (χ2v) is 9.99. The van der Waals surface area contributed by atoms with Crippen molar-refractivity contribution in [3.05, 3.63) is 59.4 Å². The van der Waals surface area contributed by atoms with Gasteiger partial charge in [-0.15, -0.1) is 0 Å². The smallest absolute Gasteiger partial charge is 0.240 e. The van der Waals surface area contributed by atoms with Crippen LogP contribution >= 0.6 is 0 Å². The van der Waals surface area contributed by atoms with Crippen molar-refractivity contribution in [3.8, 4) is 0 Å². The van der Waals surface area contributed by atoms with E-state index < -0.39 is 39.9 Å². The van der Waals surface area contributed by atoms with Gasteiger partial charge in [-0.05, 0) is 68.1 Å². The lowest BCUT2D eigenvalue weighted by atomic mass is 10.1. The molecule has 0 aromatic heterocycles. The number of amides is 3. The van der Waals surface area contributed by atoms with Gasteiger partial charge in [-0.25, -0.2) is 4.39 Å². The van der Waals surface area contributed by atoms with Gasteiger partial charge in [0.25, 0.3) is 0 Å². The lowest BCUT2D eigenvalue weighted by molar-refractivity contribution is -0.123. The molecular weight excluding hydrogens is 457 g/mol. The van der Waals surface area contributed by atoms with Gasteiger partial charge in [0.15, 0.2) is 0 Å². The Morgan fingerprint density at radius 3 is 2.35 bits per heavy atom. The van der Waals surface area contributed by atoms with E-state index in [9.17, 15) is 23.0 Å². The van der Waals surface area contributed by atoms with Gasteiger partial charge in [-0.3, -0.25) is 18.6 Å². The molecule has 0 spiro atoms. The van der Waals surface area contributed by atoms with Crippen molar-refractivity contribution < 1.29 is 23.0 Å². The number of halogens is 1. The summed E-state index contributed by atoms with van der Waals surface area (Å²) in [6.45, 7) is 3.60. The van der Waals surface area contributed by atoms with Crippen molar-refractivity contribution in [2.45, 2.75) is 45.6 Å². The summed E-state index contributed by atoms with van der Waals surface area (Å²) < 4.78 is 25.6. The summed E-state index contributed by atoms with van der Waals surface area (Å²) in [5, 5.41) is 5.52. The molecule has 1 aliphatic carbocycles.